The first kappa shape index (κ1) is 15.4. The minimum absolute atomic E-state index is 0.0162. The highest BCUT2D eigenvalue weighted by atomic mass is 16.7. The van der Waals surface area contributed by atoms with E-state index in [0.717, 1.165) is 0 Å². The first-order valence-electron chi connectivity index (χ1n) is 6.92. The van der Waals surface area contributed by atoms with Crippen molar-refractivity contribution in [3.63, 3.8) is 0 Å². The maximum Gasteiger partial charge on any atom is 0.331 e. The zero-order chi connectivity index (χ0) is 16.6. The number of cyclic esters (lactones) is 1. The Balaban J connectivity index is 1.96. The Bertz CT molecular complexity index is 662. The van der Waals surface area contributed by atoms with Crippen LogP contribution in [-0.2, 0) is 19.0 Å². The van der Waals surface area contributed by atoms with Crippen molar-refractivity contribution in [2.45, 2.75) is 18.4 Å². The van der Waals surface area contributed by atoms with Crippen molar-refractivity contribution in [2.75, 3.05) is 20.3 Å². The van der Waals surface area contributed by atoms with Gasteiger partial charge < -0.3 is 19.1 Å². The molecule has 0 aliphatic carbocycles. The summed E-state index contributed by atoms with van der Waals surface area (Å²) in [7, 11) is 1.41. The summed E-state index contributed by atoms with van der Waals surface area (Å²) in [6, 6.07) is 4.67. The van der Waals surface area contributed by atoms with Crippen LogP contribution in [0.15, 0.2) is 24.3 Å². The molecule has 2 saturated heterocycles. The predicted octanol–water partition coefficient (Wildman–Crippen LogP) is 0.334. The summed E-state index contributed by atoms with van der Waals surface area (Å²) in [5, 5.41) is 11.1. The number of hydrogen-bond donors (Lipinski definition) is 0. The van der Waals surface area contributed by atoms with Gasteiger partial charge in [0.1, 0.15) is 18.3 Å². The Morgan fingerprint density at radius 1 is 1.43 bits per heavy atom. The van der Waals surface area contributed by atoms with Gasteiger partial charge in [-0.1, -0.05) is 12.1 Å². The van der Waals surface area contributed by atoms with Crippen LogP contribution in [0.3, 0.4) is 0 Å². The SMILES string of the molecule is COC1CN(C(=O)c2ccccc2[N+](=O)[O-])C2C(=O)OCC2O1. The van der Waals surface area contributed by atoms with E-state index in [9.17, 15) is 19.7 Å². The highest BCUT2D eigenvalue weighted by molar-refractivity contribution is 6.00. The molecule has 9 heteroatoms. The average Bonchev–Trinajstić information content (AvgIpc) is 2.94. The first-order chi connectivity index (χ1) is 11.0. The van der Waals surface area contributed by atoms with Crippen molar-refractivity contribution in [3.8, 4) is 0 Å². The van der Waals surface area contributed by atoms with Crippen molar-refractivity contribution < 1.29 is 28.7 Å². The number of morpholine rings is 1. The number of amides is 1. The number of fused-ring (bicyclic) bond motifs is 1. The third kappa shape index (κ3) is 2.64. The number of carbonyl (C=O) groups excluding carboxylic acids is 2. The van der Waals surface area contributed by atoms with E-state index < -0.39 is 35.2 Å². The zero-order valence-corrected chi connectivity index (χ0v) is 12.2. The lowest BCUT2D eigenvalue weighted by Gasteiger charge is -2.38. The summed E-state index contributed by atoms with van der Waals surface area (Å²) < 4.78 is 15.6. The van der Waals surface area contributed by atoms with E-state index in [1.807, 2.05) is 0 Å². The first-order valence-corrected chi connectivity index (χ1v) is 6.92. The lowest BCUT2D eigenvalue weighted by atomic mass is 10.1. The minimum Gasteiger partial charge on any atom is -0.461 e. The Kier molecular flexibility index (Phi) is 3.97. The van der Waals surface area contributed by atoms with Gasteiger partial charge in [0, 0.05) is 13.2 Å². The van der Waals surface area contributed by atoms with Gasteiger partial charge in [0.15, 0.2) is 12.3 Å². The van der Waals surface area contributed by atoms with Crippen LogP contribution in [0.5, 0.6) is 0 Å². The number of carbonyl (C=O) groups is 2. The van der Waals surface area contributed by atoms with Gasteiger partial charge in [-0.3, -0.25) is 14.9 Å². The summed E-state index contributed by atoms with van der Waals surface area (Å²) in [6.45, 7) is 0.00166. The van der Waals surface area contributed by atoms with Gasteiger partial charge in [-0.25, -0.2) is 4.79 Å². The van der Waals surface area contributed by atoms with Crippen LogP contribution in [-0.4, -0.2) is 60.4 Å². The van der Waals surface area contributed by atoms with Crippen LogP contribution in [0.2, 0.25) is 0 Å². The third-order valence-electron chi connectivity index (χ3n) is 3.85. The van der Waals surface area contributed by atoms with Gasteiger partial charge in [0.2, 0.25) is 0 Å². The molecule has 1 amide bonds. The number of methoxy groups -OCH3 is 1. The number of para-hydroxylation sites is 1. The van der Waals surface area contributed by atoms with Crippen LogP contribution in [0.25, 0.3) is 0 Å². The molecule has 3 atom stereocenters. The topological polar surface area (TPSA) is 108 Å². The Morgan fingerprint density at radius 2 is 2.17 bits per heavy atom. The van der Waals surface area contributed by atoms with Crippen molar-refractivity contribution >= 4 is 17.6 Å². The highest BCUT2D eigenvalue weighted by Gasteiger charge is 2.50. The molecular weight excluding hydrogens is 308 g/mol. The molecule has 0 saturated carbocycles. The third-order valence-corrected chi connectivity index (χ3v) is 3.85. The fourth-order valence-corrected chi connectivity index (χ4v) is 2.75. The molecule has 0 spiro atoms. The van der Waals surface area contributed by atoms with Crippen molar-refractivity contribution in [3.05, 3.63) is 39.9 Å². The maximum absolute atomic E-state index is 12.8. The molecule has 1 aromatic rings. The molecule has 3 rings (SSSR count). The number of hydrogen-bond acceptors (Lipinski definition) is 7. The molecule has 9 nitrogen and oxygen atoms in total. The standard InChI is InChI=1S/C14H14N2O7/c1-21-11-6-15(12-10(23-11)7-22-14(12)18)13(17)8-4-2-3-5-9(8)16(19)20/h2-5,10-12H,6-7H2,1H3. The van der Waals surface area contributed by atoms with Crippen molar-refractivity contribution in [2.24, 2.45) is 0 Å². The number of esters is 1. The zero-order valence-electron chi connectivity index (χ0n) is 12.2. The van der Waals surface area contributed by atoms with E-state index in [1.54, 1.807) is 0 Å². The van der Waals surface area contributed by atoms with Gasteiger partial charge in [0.05, 0.1) is 11.5 Å². The Labute approximate surface area is 130 Å². The summed E-state index contributed by atoms with van der Waals surface area (Å²) in [6.07, 6.45) is -1.37. The number of benzene rings is 1. The van der Waals surface area contributed by atoms with Gasteiger partial charge >= 0.3 is 5.97 Å². The summed E-state index contributed by atoms with van der Waals surface area (Å²) >= 11 is 0. The molecule has 2 aliphatic heterocycles. The molecule has 0 N–H and O–H groups in total. The number of ether oxygens (including phenoxy) is 3. The van der Waals surface area contributed by atoms with Gasteiger partial charge in [-0.05, 0) is 6.07 Å². The average molecular weight is 322 g/mol. The van der Waals surface area contributed by atoms with E-state index >= 15 is 0 Å². The van der Waals surface area contributed by atoms with Crippen molar-refractivity contribution in [1.29, 1.82) is 0 Å². The number of nitro benzene ring substituents is 1. The molecule has 2 heterocycles. The normalized spacial score (nSPS) is 26.6. The van der Waals surface area contributed by atoms with Gasteiger partial charge in [-0.15, -0.1) is 0 Å². The fourth-order valence-electron chi connectivity index (χ4n) is 2.75. The van der Waals surface area contributed by atoms with Crippen LogP contribution in [0, 0.1) is 10.1 Å². The van der Waals surface area contributed by atoms with Crippen molar-refractivity contribution in [1.82, 2.24) is 4.90 Å². The maximum atomic E-state index is 12.8. The van der Waals surface area contributed by atoms with E-state index in [0.29, 0.717) is 0 Å². The molecule has 2 fully saturated rings. The fraction of sp³-hybridized carbons (Fsp3) is 0.429. The van der Waals surface area contributed by atoms with Crippen LogP contribution in [0.1, 0.15) is 10.4 Å². The molecule has 23 heavy (non-hydrogen) atoms. The summed E-state index contributed by atoms with van der Waals surface area (Å²) in [4.78, 5) is 36.4. The summed E-state index contributed by atoms with van der Waals surface area (Å²) in [5.41, 5.74) is -0.409. The highest BCUT2D eigenvalue weighted by Crippen LogP contribution is 2.28. The van der Waals surface area contributed by atoms with E-state index in [4.69, 9.17) is 14.2 Å². The monoisotopic (exact) mass is 322 g/mol. The molecule has 0 aromatic heterocycles. The second-order valence-electron chi connectivity index (χ2n) is 5.15. The van der Waals surface area contributed by atoms with Crippen LogP contribution >= 0.6 is 0 Å². The van der Waals surface area contributed by atoms with E-state index in [1.165, 1.54) is 36.3 Å². The molecule has 0 radical (unpaired) electrons. The predicted molar refractivity (Wildman–Crippen MR) is 74.5 cm³/mol. The quantitative estimate of drug-likeness (QED) is 0.448. The molecule has 122 valence electrons. The van der Waals surface area contributed by atoms with E-state index in [-0.39, 0.29) is 24.4 Å². The second-order valence-corrected chi connectivity index (χ2v) is 5.15. The molecular formula is C14H14N2O7. The van der Waals surface area contributed by atoms with Crippen LogP contribution < -0.4 is 0 Å². The molecule has 1 aromatic carbocycles. The Morgan fingerprint density at radius 3 is 2.87 bits per heavy atom. The smallest absolute Gasteiger partial charge is 0.331 e. The number of nitrogens with zero attached hydrogens (tertiary/aromatic N) is 2. The minimum atomic E-state index is -0.922. The second kappa shape index (κ2) is 5.94. The Hall–Kier alpha value is -2.52. The molecule has 0 bridgehead atoms. The van der Waals surface area contributed by atoms with Gasteiger partial charge in [-0.2, -0.15) is 0 Å². The lowest BCUT2D eigenvalue weighted by Crippen LogP contribution is -2.58. The molecule has 2 aliphatic rings. The molecule has 3 unspecified atom stereocenters. The number of rotatable bonds is 3. The largest absolute Gasteiger partial charge is 0.461 e. The lowest BCUT2D eigenvalue weighted by molar-refractivity contribution is -0.385. The number of nitro groups is 1. The van der Waals surface area contributed by atoms with Gasteiger partial charge in [0.25, 0.3) is 11.6 Å². The summed E-state index contributed by atoms with van der Waals surface area (Å²) in [5.74, 6) is -1.21. The van der Waals surface area contributed by atoms with E-state index in [2.05, 4.69) is 0 Å². The van der Waals surface area contributed by atoms with Crippen LogP contribution in [0.4, 0.5) is 5.69 Å².